The van der Waals surface area contributed by atoms with Crippen molar-refractivity contribution in [3.63, 3.8) is 0 Å². The number of nitrogens with zero attached hydrogens (tertiary/aromatic N) is 3. The highest BCUT2D eigenvalue weighted by molar-refractivity contribution is 5.90. The molecule has 0 saturated carbocycles. The van der Waals surface area contributed by atoms with E-state index in [1.54, 1.807) is 0 Å². The second kappa shape index (κ2) is 5.95. The van der Waals surface area contributed by atoms with E-state index in [0.717, 1.165) is 38.2 Å². The van der Waals surface area contributed by atoms with Crippen LogP contribution in [0.2, 0.25) is 0 Å². The first-order valence-electron chi connectivity index (χ1n) is 6.69. The summed E-state index contributed by atoms with van der Waals surface area (Å²) in [6.45, 7) is 6.61. The average Bonchev–Trinajstić information content (AvgIpc) is 3.01. The lowest BCUT2D eigenvalue weighted by atomic mass is 10.2. The molecule has 1 saturated heterocycles. The molecule has 1 aliphatic rings. The van der Waals surface area contributed by atoms with Crippen molar-refractivity contribution >= 4 is 5.91 Å². The molecule has 2 heterocycles. The Morgan fingerprint density at radius 2 is 2.33 bits per heavy atom. The summed E-state index contributed by atoms with van der Waals surface area (Å²) in [6.07, 6.45) is 2.83. The Morgan fingerprint density at radius 3 is 2.94 bits per heavy atom. The minimum absolute atomic E-state index is 0.0650. The van der Waals surface area contributed by atoms with Gasteiger partial charge in [-0.1, -0.05) is 6.92 Å². The SMILES string of the molecule is CCCc1nc(C(=O)N(CC)C2CCNC2)n[nH]1. The van der Waals surface area contributed by atoms with Crippen LogP contribution in [-0.4, -0.2) is 51.7 Å². The molecule has 1 fully saturated rings. The number of aryl methyl sites for hydroxylation is 1. The number of H-pyrrole nitrogens is 1. The van der Waals surface area contributed by atoms with Crippen molar-refractivity contribution in [1.82, 2.24) is 25.4 Å². The summed E-state index contributed by atoms with van der Waals surface area (Å²) in [4.78, 5) is 18.5. The van der Waals surface area contributed by atoms with Crippen LogP contribution in [0.15, 0.2) is 0 Å². The number of carbonyl (C=O) groups excluding carboxylic acids is 1. The third-order valence-electron chi connectivity index (χ3n) is 3.29. The molecule has 100 valence electrons. The fraction of sp³-hybridized carbons (Fsp3) is 0.750. The third-order valence-corrected chi connectivity index (χ3v) is 3.29. The Balaban J connectivity index is 2.07. The van der Waals surface area contributed by atoms with Gasteiger partial charge in [0.05, 0.1) is 0 Å². The highest BCUT2D eigenvalue weighted by Gasteiger charge is 2.28. The second-order valence-electron chi connectivity index (χ2n) is 4.59. The predicted molar refractivity (Wildman–Crippen MR) is 68.4 cm³/mol. The largest absolute Gasteiger partial charge is 0.332 e. The first-order valence-corrected chi connectivity index (χ1v) is 6.69. The maximum atomic E-state index is 12.3. The summed E-state index contributed by atoms with van der Waals surface area (Å²) < 4.78 is 0. The van der Waals surface area contributed by atoms with Crippen LogP contribution in [0.4, 0.5) is 0 Å². The molecular weight excluding hydrogens is 230 g/mol. The summed E-state index contributed by atoms with van der Waals surface area (Å²) in [6, 6.07) is 0.274. The number of aromatic nitrogens is 3. The van der Waals surface area contributed by atoms with Crippen LogP contribution in [-0.2, 0) is 6.42 Å². The molecule has 18 heavy (non-hydrogen) atoms. The molecule has 0 spiro atoms. The zero-order chi connectivity index (χ0) is 13.0. The third kappa shape index (κ3) is 2.69. The number of hydrogen-bond donors (Lipinski definition) is 2. The number of nitrogens with one attached hydrogen (secondary N) is 2. The van der Waals surface area contributed by atoms with Crippen LogP contribution in [0.5, 0.6) is 0 Å². The van der Waals surface area contributed by atoms with Crippen molar-refractivity contribution in [1.29, 1.82) is 0 Å². The number of hydrogen-bond acceptors (Lipinski definition) is 4. The fourth-order valence-electron chi connectivity index (χ4n) is 2.34. The molecule has 1 aliphatic heterocycles. The fourth-order valence-corrected chi connectivity index (χ4v) is 2.34. The normalized spacial score (nSPS) is 19.1. The molecule has 0 aromatic carbocycles. The summed E-state index contributed by atoms with van der Waals surface area (Å²) in [5.74, 6) is 1.03. The van der Waals surface area contributed by atoms with E-state index < -0.39 is 0 Å². The van der Waals surface area contributed by atoms with Crippen LogP contribution in [0.25, 0.3) is 0 Å². The van der Waals surface area contributed by atoms with Crippen molar-refractivity contribution in [2.45, 2.75) is 39.2 Å². The summed E-state index contributed by atoms with van der Waals surface area (Å²) >= 11 is 0. The minimum Gasteiger partial charge on any atom is -0.332 e. The van der Waals surface area contributed by atoms with E-state index in [1.165, 1.54) is 0 Å². The molecule has 6 heteroatoms. The van der Waals surface area contributed by atoms with Crippen LogP contribution < -0.4 is 5.32 Å². The topological polar surface area (TPSA) is 73.9 Å². The number of likely N-dealkylation sites (N-methyl/N-ethyl adjacent to an activating group) is 1. The van der Waals surface area contributed by atoms with Gasteiger partial charge in [-0.25, -0.2) is 4.98 Å². The molecule has 1 aromatic heterocycles. The van der Waals surface area contributed by atoms with E-state index in [9.17, 15) is 4.79 Å². The number of rotatable bonds is 5. The van der Waals surface area contributed by atoms with Crippen molar-refractivity contribution in [2.24, 2.45) is 0 Å². The van der Waals surface area contributed by atoms with Gasteiger partial charge in [0.25, 0.3) is 5.91 Å². The smallest absolute Gasteiger partial charge is 0.293 e. The van der Waals surface area contributed by atoms with Crippen LogP contribution in [0, 0.1) is 0 Å². The lowest BCUT2D eigenvalue weighted by molar-refractivity contribution is 0.0691. The maximum absolute atomic E-state index is 12.3. The zero-order valence-corrected chi connectivity index (χ0v) is 11.1. The quantitative estimate of drug-likeness (QED) is 0.803. The van der Waals surface area contributed by atoms with Crippen molar-refractivity contribution in [3.05, 3.63) is 11.6 Å². The summed E-state index contributed by atoms with van der Waals surface area (Å²) in [7, 11) is 0. The summed E-state index contributed by atoms with van der Waals surface area (Å²) in [5, 5.41) is 10.1. The van der Waals surface area contributed by atoms with E-state index >= 15 is 0 Å². The Labute approximate surface area is 107 Å². The second-order valence-corrected chi connectivity index (χ2v) is 4.59. The first-order chi connectivity index (χ1) is 8.76. The predicted octanol–water partition coefficient (Wildman–Crippen LogP) is 0.581. The van der Waals surface area contributed by atoms with Gasteiger partial charge in [-0.15, -0.1) is 5.10 Å². The standard InChI is InChI=1S/C12H21N5O/c1-3-5-10-14-11(16-15-10)12(18)17(4-2)9-6-7-13-8-9/h9,13H,3-8H2,1-2H3,(H,14,15,16). The Morgan fingerprint density at radius 1 is 1.50 bits per heavy atom. The highest BCUT2D eigenvalue weighted by atomic mass is 16.2. The van der Waals surface area contributed by atoms with Gasteiger partial charge in [-0.3, -0.25) is 9.89 Å². The molecule has 0 aliphatic carbocycles. The molecular formula is C12H21N5O. The Bertz CT molecular complexity index is 397. The van der Waals surface area contributed by atoms with Crippen molar-refractivity contribution < 1.29 is 4.79 Å². The lowest BCUT2D eigenvalue weighted by Gasteiger charge is -2.25. The maximum Gasteiger partial charge on any atom is 0.293 e. The number of aromatic amines is 1. The Kier molecular flexibility index (Phi) is 4.30. The van der Waals surface area contributed by atoms with Crippen LogP contribution in [0.3, 0.4) is 0 Å². The van der Waals surface area contributed by atoms with Gasteiger partial charge in [0, 0.05) is 25.6 Å². The van der Waals surface area contributed by atoms with E-state index in [2.05, 4.69) is 27.4 Å². The van der Waals surface area contributed by atoms with Gasteiger partial charge in [0.1, 0.15) is 5.82 Å². The number of carbonyl (C=O) groups is 1. The Hall–Kier alpha value is -1.43. The van der Waals surface area contributed by atoms with Gasteiger partial charge in [-0.2, -0.15) is 0 Å². The molecule has 6 nitrogen and oxygen atoms in total. The monoisotopic (exact) mass is 251 g/mol. The molecule has 1 unspecified atom stereocenters. The van der Waals surface area contributed by atoms with E-state index in [1.807, 2.05) is 11.8 Å². The molecule has 0 bridgehead atoms. The van der Waals surface area contributed by atoms with Crippen LogP contribution >= 0.6 is 0 Å². The first kappa shape index (κ1) is 13.0. The van der Waals surface area contributed by atoms with E-state index in [4.69, 9.17) is 0 Å². The average molecular weight is 251 g/mol. The van der Waals surface area contributed by atoms with E-state index in [-0.39, 0.29) is 11.9 Å². The molecule has 0 radical (unpaired) electrons. The molecule has 1 amide bonds. The van der Waals surface area contributed by atoms with Crippen molar-refractivity contribution in [3.8, 4) is 0 Å². The highest BCUT2D eigenvalue weighted by Crippen LogP contribution is 2.11. The van der Waals surface area contributed by atoms with Gasteiger partial charge < -0.3 is 10.2 Å². The lowest BCUT2D eigenvalue weighted by Crippen LogP contribution is -2.41. The molecule has 1 atom stereocenters. The van der Waals surface area contributed by atoms with Gasteiger partial charge >= 0.3 is 0 Å². The van der Waals surface area contributed by atoms with Gasteiger partial charge in [-0.05, 0) is 26.3 Å². The van der Waals surface area contributed by atoms with Gasteiger partial charge in [0.15, 0.2) is 0 Å². The molecule has 2 N–H and O–H groups in total. The minimum atomic E-state index is -0.0650. The number of amides is 1. The van der Waals surface area contributed by atoms with Crippen LogP contribution in [0.1, 0.15) is 43.1 Å². The van der Waals surface area contributed by atoms with Gasteiger partial charge in [0.2, 0.25) is 5.82 Å². The summed E-state index contributed by atoms with van der Waals surface area (Å²) in [5.41, 5.74) is 0. The van der Waals surface area contributed by atoms with Crippen molar-refractivity contribution in [2.75, 3.05) is 19.6 Å². The molecule has 2 rings (SSSR count). The molecule has 1 aromatic rings. The zero-order valence-electron chi connectivity index (χ0n) is 11.1. The van der Waals surface area contributed by atoms with E-state index in [0.29, 0.717) is 12.4 Å².